The van der Waals surface area contributed by atoms with Crippen LogP contribution >= 0.6 is 0 Å². The molecule has 172 valence electrons. The highest BCUT2D eigenvalue weighted by atomic mass is 19.4. The summed E-state index contributed by atoms with van der Waals surface area (Å²) in [6, 6.07) is -0.295. The molecule has 1 N–H and O–H groups in total. The highest BCUT2D eigenvalue weighted by Crippen LogP contribution is 2.36. The fourth-order valence-corrected chi connectivity index (χ4v) is 4.25. The molecule has 4 rings (SSSR count). The molecule has 1 saturated carbocycles. The van der Waals surface area contributed by atoms with Crippen LogP contribution in [0.25, 0.3) is 0 Å². The Morgan fingerprint density at radius 1 is 1.22 bits per heavy atom. The third kappa shape index (κ3) is 4.33. The normalized spacial score (nSPS) is 22.9. The van der Waals surface area contributed by atoms with Crippen molar-refractivity contribution in [2.75, 3.05) is 17.3 Å². The maximum atomic E-state index is 12.6. The Kier molecular flexibility index (Phi) is 5.68. The Morgan fingerprint density at radius 3 is 2.53 bits per heavy atom. The monoisotopic (exact) mass is 450 g/mol. The van der Waals surface area contributed by atoms with E-state index in [1.165, 1.54) is 0 Å². The van der Waals surface area contributed by atoms with Gasteiger partial charge in [-0.25, -0.2) is 19.9 Å². The van der Waals surface area contributed by atoms with Crippen LogP contribution in [0.1, 0.15) is 43.9 Å². The van der Waals surface area contributed by atoms with Gasteiger partial charge < -0.3 is 15.0 Å². The number of aromatic nitrogens is 4. The number of halogens is 3. The summed E-state index contributed by atoms with van der Waals surface area (Å²) in [5.74, 6) is 1.87. The Bertz CT molecular complexity index is 1010. The van der Waals surface area contributed by atoms with Crippen LogP contribution in [0.15, 0.2) is 12.4 Å². The van der Waals surface area contributed by atoms with E-state index in [4.69, 9.17) is 9.72 Å². The minimum absolute atomic E-state index is 0.0557. The van der Waals surface area contributed by atoms with E-state index >= 15 is 0 Å². The predicted molar refractivity (Wildman–Crippen MR) is 110 cm³/mol. The van der Waals surface area contributed by atoms with E-state index in [2.05, 4.69) is 20.3 Å². The molecule has 0 radical (unpaired) electrons. The van der Waals surface area contributed by atoms with E-state index in [9.17, 15) is 18.0 Å². The van der Waals surface area contributed by atoms with Gasteiger partial charge in [-0.15, -0.1) is 0 Å². The SMILES string of the molecule is Cc1nc(CC2CC(Oc3cnc(C(F)(F)F)cn3)C2)nc2c1NC(=O)[C@H](C(C)C)N2C. The summed E-state index contributed by atoms with van der Waals surface area (Å²) >= 11 is 0. The number of hydrogen-bond donors (Lipinski definition) is 1. The molecule has 2 aromatic rings. The molecule has 1 fully saturated rings. The number of ether oxygens (including phenoxy) is 1. The van der Waals surface area contributed by atoms with Gasteiger partial charge in [0.05, 0.1) is 18.1 Å². The fraction of sp³-hybridized carbons (Fsp3) is 0.571. The largest absolute Gasteiger partial charge is 0.473 e. The molecule has 1 amide bonds. The van der Waals surface area contributed by atoms with E-state index in [-0.39, 0.29) is 29.9 Å². The number of fused-ring (bicyclic) bond motifs is 1. The van der Waals surface area contributed by atoms with Crippen molar-refractivity contribution in [1.82, 2.24) is 19.9 Å². The molecule has 2 aliphatic rings. The van der Waals surface area contributed by atoms with Gasteiger partial charge in [-0.2, -0.15) is 13.2 Å². The average Bonchev–Trinajstić information content (AvgIpc) is 2.67. The van der Waals surface area contributed by atoms with Gasteiger partial charge in [-0.05, 0) is 31.6 Å². The van der Waals surface area contributed by atoms with Gasteiger partial charge in [0.15, 0.2) is 11.5 Å². The van der Waals surface area contributed by atoms with Crippen LogP contribution < -0.4 is 15.0 Å². The molecule has 11 heteroatoms. The van der Waals surface area contributed by atoms with Crippen LogP contribution in [0.4, 0.5) is 24.7 Å². The maximum Gasteiger partial charge on any atom is 0.434 e. The topological polar surface area (TPSA) is 93.1 Å². The molecule has 3 heterocycles. The number of carbonyl (C=O) groups is 1. The van der Waals surface area contributed by atoms with Crippen LogP contribution in [0.2, 0.25) is 0 Å². The zero-order valence-corrected chi connectivity index (χ0v) is 18.3. The van der Waals surface area contributed by atoms with Gasteiger partial charge in [0.2, 0.25) is 11.8 Å². The number of nitrogens with zero attached hydrogens (tertiary/aromatic N) is 5. The average molecular weight is 450 g/mol. The third-order valence-electron chi connectivity index (χ3n) is 5.89. The molecular formula is C21H25F3N6O2. The standard InChI is InChI=1S/C21H25F3N6O2/c1-10(2)18-20(31)29-17-11(3)27-15(28-19(17)30(18)4)7-12-5-13(6-12)32-16-9-25-14(8-26-16)21(22,23)24/h8-10,12-13,18H,5-7H2,1-4H3,(H,29,31)/t12?,13?,18-/m0/s1. The van der Waals surface area contributed by atoms with Crippen LogP contribution in [-0.2, 0) is 17.4 Å². The zero-order valence-electron chi connectivity index (χ0n) is 18.3. The van der Waals surface area contributed by atoms with Gasteiger partial charge >= 0.3 is 6.18 Å². The van der Waals surface area contributed by atoms with Gasteiger partial charge in [0.1, 0.15) is 23.7 Å². The summed E-state index contributed by atoms with van der Waals surface area (Å²) in [6.45, 7) is 5.84. The molecule has 0 bridgehead atoms. The Morgan fingerprint density at radius 2 is 1.94 bits per heavy atom. The highest BCUT2D eigenvalue weighted by molar-refractivity contribution is 6.03. The smallest absolute Gasteiger partial charge is 0.434 e. The Hall–Kier alpha value is -2.98. The molecule has 0 aromatic carbocycles. The Labute approximate surface area is 183 Å². The number of nitrogens with one attached hydrogen (secondary N) is 1. The van der Waals surface area contributed by atoms with E-state index in [0.717, 1.165) is 30.6 Å². The second-order valence-corrected chi connectivity index (χ2v) is 8.73. The summed E-state index contributed by atoms with van der Waals surface area (Å²) < 4.78 is 43.4. The molecule has 32 heavy (non-hydrogen) atoms. The number of amides is 1. The van der Waals surface area contributed by atoms with Crippen molar-refractivity contribution in [3.8, 4) is 5.88 Å². The summed E-state index contributed by atoms with van der Waals surface area (Å²) in [4.78, 5) is 30.7. The summed E-state index contributed by atoms with van der Waals surface area (Å²) in [5.41, 5.74) is 0.325. The van der Waals surface area contributed by atoms with Gasteiger partial charge in [0, 0.05) is 13.5 Å². The number of aryl methyl sites for hydroxylation is 1. The minimum atomic E-state index is -4.52. The van der Waals surface area contributed by atoms with E-state index in [1.807, 2.05) is 32.7 Å². The second-order valence-electron chi connectivity index (χ2n) is 8.73. The van der Waals surface area contributed by atoms with E-state index < -0.39 is 11.9 Å². The highest BCUT2D eigenvalue weighted by Gasteiger charge is 2.37. The first-order valence-electron chi connectivity index (χ1n) is 10.5. The van der Waals surface area contributed by atoms with E-state index in [0.29, 0.717) is 30.0 Å². The lowest BCUT2D eigenvalue weighted by molar-refractivity contribution is -0.141. The van der Waals surface area contributed by atoms with Crippen molar-refractivity contribution in [2.24, 2.45) is 11.8 Å². The lowest BCUT2D eigenvalue weighted by Crippen LogP contribution is -2.50. The molecule has 8 nitrogen and oxygen atoms in total. The number of rotatable bonds is 5. The van der Waals surface area contributed by atoms with Crippen LogP contribution in [0.5, 0.6) is 5.88 Å². The Balaban J connectivity index is 1.37. The summed E-state index contributed by atoms with van der Waals surface area (Å²) in [6.07, 6.45) is -0.868. The molecule has 1 aliphatic carbocycles. The lowest BCUT2D eigenvalue weighted by Gasteiger charge is -2.37. The molecule has 2 aromatic heterocycles. The quantitative estimate of drug-likeness (QED) is 0.746. The second kappa shape index (κ2) is 8.18. The molecule has 1 atom stereocenters. The van der Waals surface area contributed by atoms with Crippen molar-refractivity contribution >= 4 is 17.4 Å². The molecule has 0 unspecified atom stereocenters. The fourth-order valence-electron chi connectivity index (χ4n) is 4.25. The van der Waals surface area contributed by atoms with Crippen LogP contribution in [0, 0.1) is 18.8 Å². The molecule has 0 saturated heterocycles. The number of carbonyl (C=O) groups excluding carboxylic acids is 1. The van der Waals surface area contributed by atoms with Crippen LogP contribution in [-0.4, -0.2) is 45.0 Å². The molecule has 1 aliphatic heterocycles. The first-order chi connectivity index (χ1) is 15.0. The third-order valence-corrected chi connectivity index (χ3v) is 5.89. The first kappa shape index (κ1) is 22.2. The summed E-state index contributed by atoms with van der Waals surface area (Å²) in [7, 11) is 1.87. The van der Waals surface area contributed by atoms with Gasteiger partial charge in [-0.3, -0.25) is 4.79 Å². The predicted octanol–water partition coefficient (Wildman–Crippen LogP) is 3.41. The maximum absolute atomic E-state index is 12.6. The van der Waals surface area contributed by atoms with Gasteiger partial charge in [-0.1, -0.05) is 13.8 Å². The first-order valence-corrected chi connectivity index (χ1v) is 10.5. The van der Waals surface area contributed by atoms with Crippen molar-refractivity contribution in [1.29, 1.82) is 0 Å². The van der Waals surface area contributed by atoms with Crippen molar-refractivity contribution < 1.29 is 22.7 Å². The number of likely N-dealkylation sites (N-methyl/N-ethyl adjacent to an activating group) is 1. The summed E-state index contributed by atoms with van der Waals surface area (Å²) in [5, 5.41) is 2.94. The van der Waals surface area contributed by atoms with Crippen molar-refractivity contribution in [2.45, 2.75) is 58.4 Å². The van der Waals surface area contributed by atoms with Crippen LogP contribution in [0.3, 0.4) is 0 Å². The minimum Gasteiger partial charge on any atom is -0.473 e. The van der Waals surface area contributed by atoms with E-state index in [1.54, 1.807) is 0 Å². The number of anilines is 2. The van der Waals surface area contributed by atoms with Gasteiger partial charge in [0.25, 0.3) is 0 Å². The number of alkyl halides is 3. The van der Waals surface area contributed by atoms with Crippen molar-refractivity contribution in [3.05, 3.63) is 29.6 Å². The van der Waals surface area contributed by atoms with Crippen molar-refractivity contribution in [3.63, 3.8) is 0 Å². The lowest BCUT2D eigenvalue weighted by atomic mass is 9.80. The molecule has 0 spiro atoms. The zero-order chi connectivity index (χ0) is 23.2. The molecular weight excluding hydrogens is 425 g/mol. The number of hydrogen-bond acceptors (Lipinski definition) is 7.